The SMILES string of the molecule is Cc1cc(C(=O)O[C@@H]2O[C@H](C(=O)O)[C@@H](O)[C@H](O)[C@H]2O)ccc1Sc1ccccc1N1CCNCC1. The Hall–Kier alpha value is -2.67. The smallest absolute Gasteiger partial charge is 0.340 e. The lowest BCUT2D eigenvalue weighted by molar-refractivity contribution is -0.278. The minimum absolute atomic E-state index is 0.172. The van der Waals surface area contributed by atoms with E-state index in [1.807, 2.05) is 19.1 Å². The number of carbonyl (C=O) groups excluding carboxylic acids is 1. The summed E-state index contributed by atoms with van der Waals surface area (Å²) in [6.45, 7) is 5.56. The second-order valence-electron chi connectivity index (χ2n) is 8.43. The number of nitrogens with zero attached hydrogens (tertiary/aromatic N) is 1. The standard InChI is InChI=1S/C24H28N2O8S/c1-13-12-14(23(32)34-24-20(29)18(27)19(28)21(33-24)22(30)31)6-7-16(13)35-17-5-3-2-4-15(17)26-10-8-25-9-11-26/h2-7,12,18-21,24-25,27-29H,8-11H2,1H3,(H,30,31)/t18-,19-,20+,21-,24-/m0/s1. The number of aliphatic hydroxyl groups is 3. The van der Waals surface area contributed by atoms with Crippen LogP contribution in [0.15, 0.2) is 52.3 Å². The number of para-hydroxylation sites is 1. The number of benzene rings is 2. The van der Waals surface area contributed by atoms with Crippen molar-refractivity contribution in [1.82, 2.24) is 5.32 Å². The molecular formula is C24H28N2O8S. The van der Waals surface area contributed by atoms with Gasteiger partial charge in [-0.1, -0.05) is 23.9 Å². The summed E-state index contributed by atoms with van der Waals surface area (Å²) in [4.78, 5) is 28.3. The molecular weight excluding hydrogens is 476 g/mol. The molecule has 35 heavy (non-hydrogen) atoms. The average Bonchev–Trinajstić information content (AvgIpc) is 2.86. The molecule has 0 saturated carbocycles. The van der Waals surface area contributed by atoms with E-state index in [1.54, 1.807) is 30.0 Å². The predicted molar refractivity (Wildman–Crippen MR) is 127 cm³/mol. The molecule has 0 radical (unpaired) electrons. The number of aliphatic hydroxyl groups excluding tert-OH is 3. The molecule has 4 rings (SSSR count). The van der Waals surface area contributed by atoms with Crippen molar-refractivity contribution in [1.29, 1.82) is 0 Å². The molecule has 0 aliphatic carbocycles. The molecule has 0 spiro atoms. The molecule has 188 valence electrons. The highest BCUT2D eigenvalue weighted by molar-refractivity contribution is 7.99. The summed E-state index contributed by atoms with van der Waals surface area (Å²) in [5.41, 5.74) is 2.15. The first kappa shape index (κ1) is 25.4. The lowest BCUT2D eigenvalue weighted by atomic mass is 9.99. The third kappa shape index (κ3) is 5.61. The molecule has 2 saturated heterocycles. The fourth-order valence-corrected chi connectivity index (χ4v) is 5.08. The third-order valence-electron chi connectivity index (χ3n) is 5.99. The molecule has 2 aliphatic rings. The second-order valence-corrected chi connectivity index (χ2v) is 9.51. The van der Waals surface area contributed by atoms with Gasteiger partial charge in [-0.05, 0) is 42.8 Å². The predicted octanol–water partition coefficient (Wildman–Crippen LogP) is 0.605. The lowest BCUT2D eigenvalue weighted by Crippen LogP contribution is -2.60. The van der Waals surface area contributed by atoms with Crippen molar-refractivity contribution < 1.29 is 39.5 Å². The van der Waals surface area contributed by atoms with E-state index in [0.29, 0.717) is 0 Å². The number of anilines is 1. The van der Waals surface area contributed by atoms with Gasteiger partial charge in [-0.15, -0.1) is 0 Å². The van der Waals surface area contributed by atoms with Gasteiger partial charge in [0.25, 0.3) is 0 Å². The highest BCUT2D eigenvalue weighted by Crippen LogP contribution is 2.37. The Kier molecular flexibility index (Phi) is 7.95. The molecule has 0 unspecified atom stereocenters. The van der Waals surface area contributed by atoms with Crippen LogP contribution in [0.4, 0.5) is 5.69 Å². The molecule has 2 aromatic rings. The van der Waals surface area contributed by atoms with E-state index in [4.69, 9.17) is 14.6 Å². The van der Waals surface area contributed by atoms with E-state index in [1.165, 1.54) is 0 Å². The van der Waals surface area contributed by atoms with Gasteiger partial charge >= 0.3 is 11.9 Å². The Morgan fingerprint density at radius 2 is 1.74 bits per heavy atom. The number of carboxylic acids is 1. The second kappa shape index (κ2) is 10.9. The van der Waals surface area contributed by atoms with Crippen LogP contribution in [0.2, 0.25) is 0 Å². The number of carboxylic acid groups (broad SMARTS) is 1. The van der Waals surface area contributed by atoms with Gasteiger partial charge in [-0.3, -0.25) is 0 Å². The number of hydrogen-bond donors (Lipinski definition) is 5. The average molecular weight is 505 g/mol. The van der Waals surface area contributed by atoms with Crippen LogP contribution in [0, 0.1) is 6.92 Å². The Bertz CT molecular complexity index is 1080. The molecule has 2 aromatic carbocycles. The number of rotatable bonds is 6. The van der Waals surface area contributed by atoms with Gasteiger partial charge in [0.2, 0.25) is 6.29 Å². The molecule has 2 fully saturated rings. The van der Waals surface area contributed by atoms with Crippen LogP contribution >= 0.6 is 11.8 Å². The van der Waals surface area contributed by atoms with E-state index in [0.717, 1.165) is 47.2 Å². The highest BCUT2D eigenvalue weighted by atomic mass is 32.2. The van der Waals surface area contributed by atoms with E-state index >= 15 is 0 Å². The molecule has 2 aliphatic heterocycles. The highest BCUT2D eigenvalue weighted by Gasteiger charge is 2.48. The normalized spacial score (nSPS) is 26.9. The fourth-order valence-electron chi connectivity index (χ4n) is 4.04. The van der Waals surface area contributed by atoms with Crippen molar-refractivity contribution in [2.75, 3.05) is 31.1 Å². The van der Waals surface area contributed by atoms with Crippen molar-refractivity contribution in [2.24, 2.45) is 0 Å². The Balaban J connectivity index is 1.47. The largest absolute Gasteiger partial charge is 0.479 e. The maximum absolute atomic E-state index is 12.7. The first-order valence-corrected chi connectivity index (χ1v) is 12.0. The van der Waals surface area contributed by atoms with Gasteiger partial charge in [0, 0.05) is 36.0 Å². The summed E-state index contributed by atoms with van der Waals surface area (Å²) >= 11 is 1.59. The molecule has 2 heterocycles. The number of esters is 1. The van der Waals surface area contributed by atoms with Gasteiger partial charge < -0.3 is 40.1 Å². The summed E-state index contributed by atoms with van der Waals surface area (Å²) in [7, 11) is 0. The zero-order chi connectivity index (χ0) is 25.1. The molecule has 0 amide bonds. The minimum Gasteiger partial charge on any atom is -0.479 e. The number of piperazine rings is 1. The Morgan fingerprint density at radius 3 is 2.43 bits per heavy atom. The van der Waals surface area contributed by atoms with Crippen molar-refractivity contribution in [3.05, 3.63) is 53.6 Å². The van der Waals surface area contributed by atoms with Gasteiger partial charge in [0.15, 0.2) is 6.10 Å². The van der Waals surface area contributed by atoms with Crippen LogP contribution in [0.5, 0.6) is 0 Å². The van der Waals surface area contributed by atoms with Crippen LogP contribution in [-0.4, -0.2) is 89.2 Å². The zero-order valence-corrected chi connectivity index (χ0v) is 19.9. The lowest BCUT2D eigenvalue weighted by Gasteiger charge is -2.37. The van der Waals surface area contributed by atoms with Crippen LogP contribution < -0.4 is 10.2 Å². The molecule has 0 aromatic heterocycles. The Labute approximate surface area is 206 Å². The van der Waals surface area contributed by atoms with E-state index < -0.39 is 42.6 Å². The van der Waals surface area contributed by atoms with E-state index in [9.17, 15) is 24.9 Å². The number of nitrogens with one attached hydrogen (secondary N) is 1. The minimum atomic E-state index is -1.86. The first-order valence-electron chi connectivity index (χ1n) is 11.2. The number of aliphatic carboxylic acids is 1. The molecule has 10 nitrogen and oxygen atoms in total. The molecule has 0 bridgehead atoms. The van der Waals surface area contributed by atoms with Crippen LogP contribution in [0.3, 0.4) is 0 Å². The van der Waals surface area contributed by atoms with Crippen LogP contribution in [0.1, 0.15) is 15.9 Å². The summed E-state index contributed by atoms with van der Waals surface area (Å²) in [6, 6.07) is 13.2. The maximum atomic E-state index is 12.7. The van der Waals surface area contributed by atoms with E-state index in [-0.39, 0.29) is 5.56 Å². The van der Waals surface area contributed by atoms with Crippen molar-refractivity contribution in [2.45, 2.75) is 47.4 Å². The molecule has 5 atom stereocenters. The van der Waals surface area contributed by atoms with Crippen molar-refractivity contribution >= 4 is 29.4 Å². The van der Waals surface area contributed by atoms with Gasteiger partial charge in [0.1, 0.15) is 18.3 Å². The van der Waals surface area contributed by atoms with Crippen molar-refractivity contribution in [3.8, 4) is 0 Å². The number of carbonyl (C=O) groups is 2. The van der Waals surface area contributed by atoms with Gasteiger partial charge in [0.05, 0.1) is 11.3 Å². The molecule has 11 heteroatoms. The topological polar surface area (TPSA) is 149 Å². The van der Waals surface area contributed by atoms with Crippen molar-refractivity contribution in [3.63, 3.8) is 0 Å². The third-order valence-corrected chi connectivity index (χ3v) is 7.23. The number of ether oxygens (including phenoxy) is 2. The first-order chi connectivity index (χ1) is 16.8. The monoisotopic (exact) mass is 504 g/mol. The molecule has 5 N–H and O–H groups in total. The Morgan fingerprint density at radius 1 is 1.03 bits per heavy atom. The summed E-state index contributed by atoms with van der Waals surface area (Å²) in [5, 5.41) is 42.3. The summed E-state index contributed by atoms with van der Waals surface area (Å²) in [5.74, 6) is -2.41. The maximum Gasteiger partial charge on any atom is 0.340 e. The zero-order valence-electron chi connectivity index (χ0n) is 19.0. The van der Waals surface area contributed by atoms with Crippen LogP contribution in [-0.2, 0) is 14.3 Å². The summed E-state index contributed by atoms with van der Waals surface area (Å²) < 4.78 is 10.2. The number of hydrogen-bond acceptors (Lipinski definition) is 10. The fraction of sp³-hybridized carbons (Fsp3) is 0.417. The van der Waals surface area contributed by atoms with Gasteiger partial charge in [-0.2, -0.15) is 0 Å². The van der Waals surface area contributed by atoms with Gasteiger partial charge in [-0.25, -0.2) is 9.59 Å². The summed E-state index contributed by atoms with van der Waals surface area (Å²) in [6.07, 6.45) is -9.11. The quantitative estimate of drug-likeness (QED) is 0.352. The number of aryl methyl sites for hydroxylation is 1. The van der Waals surface area contributed by atoms with Crippen LogP contribution in [0.25, 0.3) is 0 Å². The van der Waals surface area contributed by atoms with E-state index in [2.05, 4.69) is 22.3 Å².